The van der Waals surface area contributed by atoms with Crippen molar-refractivity contribution in [2.75, 3.05) is 32.1 Å². The minimum absolute atomic E-state index is 0.101. The summed E-state index contributed by atoms with van der Waals surface area (Å²) >= 11 is 0. The van der Waals surface area contributed by atoms with Gasteiger partial charge in [-0.05, 0) is 81.2 Å². The molecule has 0 radical (unpaired) electrons. The third-order valence-electron chi connectivity index (χ3n) is 6.47. The van der Waals surface area contributed by atoms with Crippen LogP contribution in [-0.2, 0) is 4.79 Å². The number of nitrogens with one attached hydrogen (secondary N) is 1. The summed E-state index contributed by atoms with van der Waals surface area (Å²) < 4.78 is 27.4. The monoisotopic (exact) mass is 413 g/mol. The number of nitrogens with zero attached hydrogens (tertiary/aromatic N) is 2. The molecule has 2 fully saturated rings. The number of anilines is 1. The Balaban J connectivity index is 1.38. The highest BCUT2D eigenvalue weighted by Crippen LogP contribution is 2.48. The molecule has 2 aliphatic rings. The molecular weight excluding hydrogens is 384 g/mol. The molecule has 1 N–H and O–H groups in total. The van der Waals surface area contributed by atoms with Gasteiger partial charge in [-0.2, -0.15) is 0 Å². The van der Waals surface area contributed by atoms with E-state index in [9.17, 15) is 13.6 Å². The van der Waals surface area contributed by atoms with Gasteiger partial charge in [0.25, 0.3) is 0 Å². The largest absolute Gasteiger partial charge is 0.370 e. The van der Waals surface area contributed by atoms with E-state index < -0.39 is 11.6 Å². The molecule has 0 bridgehead atoms. The number of rotatable bonds is 6. The lowest BCUT2D eigenvalue weighted by Crippen LogP contribution is -2.31. The summed E-state index contributed by atoms with van der Waals surface area (Å²) in [5, 5.41) is 3.05. The molecule has 30 heavy (non-hydrogen) atoms. The van der Waals surface area contributed by atoms with Crippen LogP contribution in [0.4, 0.5) is 14.5 Å². The predicted molar refractivity (Wildman–Crippen MR) is 115 cm³/mol. The summed E-state index contributed by atoms with van der Waals surface area (Å²) in [6.45, 7) is 3.99. The summed E-state index contributed by atoms with van der Waals surface area (Å²) in [6, 6.07) is 12.1. The van der Waals surface area contributed by atoms with Gasteiger partial charge < -0.3 is 15.1 Å². The van der Waals surface area contributed by atoms with Crippen LogP contribution < -0.4 is 10.2 Å². The Morgan fingerprint density at radius 1 is 1.20 bits per heavy atom. The molecule has 1 saturated carbocycles. The van der Waals surface area contributed by atoms with Gasteiger partial charge in [0.2, 0.25) is 5.91 Å². The van der Waals surface area contributed by atoms with Crippen LogP contribution in [0.3, 0.4) is 0 Å². The van der Waals surface area contributed by atoms with Crippen LogP contribution in [0.5, 0.6) is 0 Å². The van der Waals surface area contributed by atoms with E-state index in [4.69, 9.17) is 0 Å². The zero-order valence-electron chi connectivity index (χ0n) is 17.7. The lowest BCUT2D eigenvalue weighted by atomic mass is 10.1. The molecule has 1 saturated heterocycles. The molecule has 4 atom stereocenters. The third-order valence-corrected chi connectivity index (χ3v) is 6.47. The maximum Gasteiger partial charge on any atom is 0.224 e. The molecule has 4 rings (SSSR count). The number of likely N-dealkylation sites (N-methyl/N-ethyl adjacent to an activating group) is 1. The fourth-order valence-corrected chi connectivity index (χ4v) is 4.42. The SMILES string of the molecule is C[C@H](NC(=O)C1CC1c1cc(F)ccc1F)c1cccc(N2CC[C@@H](N(C)C)C2)c1. The zero-order valence-corrected chi connectivity index (χ0v) is 17.7. The number of carbonyl (C=O) groups excluding carboxylic acids is 1. The lowest BCUT2D eigenvalue weighted by molar-refractivity contribution is -0.123. The highest BCUT2D eigenvalue weighted by atomic mass is 19.1. The van der Waals surface area contributed by atoms with Crippen LogP contribution in [-0.4, -0.2) is 44.0 Å². The molecule has 1 amide bonds. The van der Waals surface area contributed by atoms with Gasteiger partial charge in [0.1, 0.15) is 11.6 Å². The molecule has 1 heterocycles. The molecule has 2 aromatic rings. The maximum absolute atomic E-state index is 14.0. The Labute approximate surface area is 176 Å². The highest BCUT2D eigenvalue weighted by molar-refractivity contribution is 5.83. The normalized spacial score (nSPS) is 24.2. The van der Waals surface area contributed by atoms with Gasteiger partial charge >= 0.3 is 0 Å². The Bertz CT molecular complexity index is 932. The summed E-state index contributed by atoms with van der Waals surface area (Å²) in [4.78, 5) is 17.3. The van der Waals surface area contributed by atoms with Crippen molar-refractivity contribution in [1.29, 1.82) is 0 Å². The molecule has 1 aliphatic heterocycles. The van der Waals surface area contributed by atoms with Crippen molar-refractivity contribution < 1.29 is 13.6 Å². The average Bonchev–Trinajstić information content (AvgIpc) is 3.36. The second kappa shape index (κ2) is 8.34. The van der Waals surface area contributed by atoms with E-state index in [1.54, 1.807) is 0 Å². The number of benzene rings is 2. The predicted octanol–water partition coefficient (Wildman–Crippen LogP) is 4.09. The fourth-order valence-electron chi connectivity index (χ4n) is 4.42. The van der Waals surface area contributed by atoms with E-state index in [1.165, 1.54) is 11.8 Å². The van der Waals surface area contributed by atoms with E-state index in [0.717, 1.165) is 37.2 Å². The standard InChI is InChI=1S/C24H29F2N3O/c1-15(16-5-4-6-18(11-16)29-10-9-19(14-29)28(2)3)27-24(30)22-13-20(22)21-12-17(25)7-8-23(21)26/h4-8,11-12,15,19-20,22H,9-10,13-14H2,1-3H3,(H,27,30)/t15-,19+,20?,22?/m0/s1. The van der Waals surface area contributed by atoms with Crippen molar-refractivity contribution >= 4 is 11.6 Å². The molecule has 0 aromatic heterocycles. The van der Waals surface area contributed by atoms with Crippen molar-refractivity contribution in [2.24, 2.45) is 5.92 Å². The van der Waals surface area contributed by atoms with Crippen LogP contribution in [0.2, 0.25) is 0 Å². The quantitative estimate of drug-likeness (QED) is 0.775. The van der Waals surface area contributed by atoms with Gasteiger partial charge in [-0.1, -0.05) is 12.1 Å². The third kappa shape index (κ3) is 4.33. The molecule has 2 unspecified atom stereocenters. The lowest BCUT2D eigenvalue weighted by Gasteiger charge is -2.23. The van der Waals surface area contributed by atoms with E-state index >= 15 is 0 Å². The first-order chi connectivity index (χ1) is 14.3. The first-order valence-electron chi connectivity index (χ1n) is 10.6. The highest BCUT2D eigenvalue weighted by Gasteiger charge is 2.45. The molecule has 160 valence electrons. The van der Waals surface area contributed by atoms with E-state index in [2.05, 4.69) is 41.3 Å². The first kappa shape index (κ1) is 20.8. The Morgan fingerprint density at radius 3 is 2.73 bits per heavy atom. The Kier molecular flexibility index (Phi) is 5.78. The van der Waals surface area contributed by atoms with Gasteiger partial charge in [0.05, 0.1) is 6.04 Å². The number of halogens is 2. The maximum atomic E-state index is 14.0. The Hall–Kier alpha value is -2.47. The van der Waals surface area contributed by atoms with Crippen LogP contribution >= 0.6 is 0 Å². The van der Waals surface area contributed by atoms with Crippen molar-refractivity contribution in [3.63, 3.8) is 0 Å². The van der Waals surface area contributed by atoms with E-state index in [1.807, 2.05) is 19.1 Å². The summed E-state index contributed by atoms with van der Waals surface area (Å²) in [7, 11) is 4.23. The molecule has 4 nitrogen and oxygen atoms in total. The van der Waals surface area contributed by atoms with E-state index in [-0.39, 0.29) is 23.8 Å². The topological polar surface area (TPSA) is 35.6 Å². The van der Waals surface area contributed by atoms with Gasteiger partial charge in [0.15, 0.2) is 0 Å². The zero-order chi connectivity index (χ0) is 21.4. The second-order valence-corrected chi connectivity index (χ2v) is 8.79. The molecule has 0 spiro atoms. The van der Waals surface area contributed by atoms with Gasteiger partial charge in [-0.15, -0.1) is 0 Å². The first-order valence-corrected chi connectivity index (χ1v) is 10.6. The van der Waals surface area contributed by atoms with Gasteiger partial charge in [-0.3, -0.25) is 4.79 Å². The summed E-state index contributed by atoms with van der Waals surface area (Å²) in [5.41, 5.74) is 2.52. The molecule has 1 aliphatic carbocycles. The average molecular weight is 414 g/mol. The molecular formula is C24H29F2N3O. The van der Waals surface area contributed by atoms with Crippen molar-refractivity contribution in [3.05, 3.63) is 65.2 Å². The summed E-state index contributed by atoms with van der Waals surface area (Å²) in [5.74, 6) is -1.56. The van der Waals surface area contributed by atoms with Crippen LogP contribution in [0.25, 0.3) is 0 Å². The van der Waals surface area contributed by atoms with Crippen molar-refractivity contribution in [3.8, 4) is 0 Å². The molecule has 2 aromatic carbocycles. The van der Waals surface area contributed by atoms with Crippen LogP contribution in [0.15, 0.2) is 42.5 Å². The van der Waals surface area contributed by atoms with Gasteiger partial charge in [0, 0.05) is 30.7 Å². The number of hydrogen-bond donors (Lipinski definition) is 1. The van der Waals surface area contributed by atoms with Crippen molar-refractivity contribution in [2.45, 2.75) is 37.8 Å². The number of hydrogen-bond acceptors (Lipinski definition) is 3. The fraction of sp³-hybridized carbons (Fsp3) is 0.458. The van der Waals surface area contributed by atoms with Gasteiger partial charge in [-0.25, -0.2) is 8.78 Å². The molecule has 6 heteroatoms. The van der Waals surface area contributed by atoms with Crippen LogP contribution in [0, 0.1) is 17.6 Å². The number of carbonyl (C=O) groups is 1. The smallest absolute Gasteiger partial charge is 0.224 e. The van der Waals surface area contributed by atoms with Crippen LogP contribution in [0.1, 0.15) is 42.9 Å². The van der Waals surface area contributed by atoms with Crippen molar-refractivity contribution in [1.82, 2.24) is 10.2 Å². The van der Waals surface area contributed by atoms with E-state index in [0.29, 0.717) is 18.0 Å². The minimum Gasteiger partial charge on any atom is -0.370 e. The Morgan fingerprint density at radius 2 is 2.00 bits per heavy atom. The second-order valence-electron chi connectivity index (χ2n) is 8.79. The summed E-state index contributed by atoms with van der Waals surface area (Å²) in [6.07, 6.45) is 1.70. The minimum atomic E-state index is -0.471. The number of amides is 1.